The first-order valence-electron chi connectivity index (χ1n) is 11.1. The highest BCUT2D eigenvalue weighted by Gasteiger charge is 2.23. The lowest BCUT2D eigenvalue weighted by Gasteiger charge is -2.21. The van der Waals surface area contributed by atoms with Gasteiger partial charge in [0, 0.05) is 9.89 Å². The van der Waals surface area contributed by atoms with Gasteiger partial charge in [0.1, 0.15) is 5.82 Å². The topological polar surface area (TPSA) is 92.0 Å². The van der Waals surface area contributed by atoms with E-state index in [9.17, 15) is 9.59 Å². The minimum Gasteiger partial charge on any atom is -0.490 e. The van der Waals surface area contributed by atoms with Crippen LogP contribution in [0.2, 0.25) is 5.02 Å². The molecule has 8 nitrogen and oxygen atoms in total. The predicted octanol–water partition coefficient (Wildman–Crippen LogP) is 5.33. The number of carbonyl (C=O) groups excluding carboxylic acids is 1. The second-order valence-corrected chi connectivity index (χ2v) is 9.89. The Morgan fingerprint density at radius 2 is 1.91 bits per heavy atom. The number of esters is 1. The molecule has 2 aromatic carbocycles. The fraction of sp³-hybridized carbons (Fsp3) is 0.360. The van der Waals surface area contributed by atoms with Crippen LogP contribution >= 0.6 is 27.5 Å². The van der Waals surface area contributed by atoms with Crippen LogP contribution in [0.3, 0.4) is 0 Å². The van der Waals surface area contributed by atoms with Gasteiger partial charge in [-0.25, -0.2) is 9.78 Å². The number of hydrogen-bond acceptors (Lipinski definition) is 7. The minimum atomic E-state index is -0.513. The Labute approximate surface area is 217 Å². The summed E-state index contributed by atoms with van der Waals surface area (Å²) in [7, 11) is 0. The van der Waals surface area contributed by atoms with Crippen LogP contribution in [0.1, 0.15) is 46.0 Å². The number of hydrogen-bond donors (Lipinski definition) is 0. The summed E-state index contributed by atoms with van der Waals surface area (Å²) >= 11 is 9.85. The average Bonchev–Trinajstić information content (AvgIpc) is 2.78. The molecule has 0 unspecified atom stereocenters. The van der Waals surface area contributed by atoms with Crippen LogP contribution < -0.4 is 15.0 Å². The Morgan fingerprint density at radius 3 is 2.57 bits per heavy atom. The lowest BCUT2D eigenvalue weighted by Crippen LogP contribution is -2.29. The Morgan fingerprint density at radius 1 is 1.17 bits per heavy atom. The molecular weight excluding hydrogens is 538 g/mol. The van der Waals surface area contributed by atoms with E-state index in [0.717, 1.165) is 4.47 Å². The van der Waals surface area contributed by atoms with Crippen molar-refractivity contribution in [3.05, 3.63) is 61.6 Å². The largest absolute Gasteiger partial charge is 0.490 e. The second-order valence-electron chi connectivity index (χ2n) is 8.57. The van der Waals surface area contributed by atoms with E-state index in [1.54, 1.807) is 31.2 Å². The maximum atomic E-state index is 13.3. The van der Waals surface area contributed by atoms with Crippen LogP contribution in [-0.2, 0) is 14.9 Å². The SMILES string of the molecule is CCOC(=O)COc1c(Cl)cc(C=Nn2c(C(C)(C)C)nc3ccc(Br)cc3c2=O)cc1OCC. The zero-order valence-electron chi connectivity index (χ0n) is 20.2. The van der Waals surface area contributed by atoms with Gasteiger partial charge >= 0.3 is 5.97 Å². The summed E-state index contributed by atoms with van der Waals surface area (Å²) < 4.78 is 18.2. The Bertz CT molecular complexity index is 1330. The Balaban J connectivity index is 2.05. The molecule has 0 aliphatic heterocycles. The van der Waals surface area contributed by atoms with Gasteiger partial charge in [0.25, 0.3) is 5.56 Å². The number of fused-ring (bicyclic) bond motifs is 1. The minimum absolute atomic E-state index is 0.225. The molecule has 0 radical (unpaired) electrons. The lowest BCUT2D eigenvalue weighted by atomic mass is 9.95. The van der Waals surface area contributed by atoms with Crippen LogP contribution in [0.15, 0.2) is 44.7 Å². The quantitative estimate of drug-likeness (QED) is 0.271. The van der Waals surface area contributed by atoms with Crippen molar-refractivity contribution in [3.63, 3.8) is 0 Å². The summed E-state index contributed by atoms with van der Waals surface area (Å²) in [5.41, 5.74) is 0.432. The number of carbonyl (C=O) groups is 1. The van der Waals surface area contributed by atoms with Crippen LogP contribution in [0, 0.1) is 0 Å². The van der Waals surface area contributed by atoms with Crippen LogP contribution in [0.4, 0.5) is 0 Å². The number of halogens is 2. The fourth-order valence-corrected chi connectivity index (χ4v) is 3.90. The molecule has 0 bridgehead atoms. The molecule has 0 spiro atoms. The van der Waals surface area contributed by atoms with Crippen LogP contribution in [-0.4, -0.2) is 41.7 Å². The monoisotopic (exact) mass is 563 g/mol. The van der Waals surface area contributed by atoms with Gasteiger partial charge in [-0.1, -0.05) is 48.3 Å². The van der Waals surface area contributed by atoms with Gasteiger partial charge in [-0.2, -0.15) is 9.78 Å². The van der Waals surface area contributed by atoms with Gasteiger partial charge in [0.05, 0.1) is 35.4 Å². The van der Waals surface area contributed by atoms with Crippen molar-refractivity contribution < 1.29 is 19.0 Å². The fourth-order valence-electron chi connectivity index (χ4n) is 3.26. The molecule has 0 aliphatic rings. The molecule has 0 N–H and O–H groups in total. The van der Waals surface area contributed by atoms with E-state index in [0.29, 0.717) is 34.6 Å². The first-order chi connectivity index (χ1) is 16.5. The van der Waals surface area contributed by atoms with Crippen molar-refractivity contribution in [2.75, 3.05) is 19.8 Å². The first-order valence-corrected chi connectivity index (χ1v) is 12.2. The maximum Gasteiger partial charge on any atom is 0.344 e. The number of rotatable bonds is 8. The normalized spacial score (nSPS) is 11.7. The van der Waals surface area contributed by atoms with Crippen LogP contribution in [0.5, 0.6) is 11.5 Å². The van der Waals surface area contributed by atoms with Gasteiger partial charge in [0.2, 0.25) is 0 Å². The number of ether oxygens (including phenoxy) is 3. The zero-order chi connectivity index (χ0) is 25.8. The highest BCUT2D eigenvalue weighted by molar-refractivity contribution is 9.10. The van der Waals surface area contributed by atoms with E-state index in [1.165, 1.54) is 10.9 Å². The summed E-state index contributed by atoms with van der Waals surface area (Å²) in [6.45, 7) is 9.72. The molecule has 0 saturated carbocycles. The van der Waals surface area contributed by atoms with Gasteiger partial charge in [-0.15, -0.1) is 0 Å². The highest BCUT2D eigenvalue weighted by Crippen LogP contribution is 2.36. The van der Waals surface area contributed by atoms with Crippen molar-refractivity contribution >= 4 is 50.6 Å². The third kappa shape index (κ3) is 6.41. The maximum absolute atomic E-state index is 13.3. The molecule has 0 atom stereocenters. The van der Waals surface area contributed by atoms with Crippen LogP contribution in [0.25, 0.3) is 10.9 Å². The Kier molecular flexibility index (Phi) is 8.56. The van der Waals surface area contributed by atoms with E-state index in [-0.39, 0.29) is 29.5 Å². The summed E-state index contributed by atoms with van der Waals surface area (Å²) in [6, 6.07) is 8.65. The molecular formula is C25H27BrClN3O5. The lowest BCUT2D eigenvalue weighted by molar-refractivity contribution is -0.145. The molecule has 3 aromatic rings. The molecule has 10 heteroatoms. The third-order valence-corrected chi connectivity index (χ3v) is 5.55. The number of nitrogens with zero attached hydrogens (tertiary/aromatic N) is 3. The molecule has 0 amide bonds. The van der Waals surface area contributed by atoms with E-state index >= 15 is 0 Å². The third-order valence-electron chi connectivity index (χ3n) is 4.77. The van der Waals surface area contributed by atoms with Gasteiger partial charge < -0.3 is 14.2 Å². The smallest absolute Gasteiger partial charge is 0.344 e. The van der Waals surface area contributed by atoms with Crippen molar-refractivity contribution in [3.8, 4) is 11.5 Å². The molecule has 1 heterocycles. The van der Waals surface area contributed by atoms with Gasteiger partial charge in [-0.3, -0.25) is 4.79 Å². The van der Waals surface area contributed by atoms with Crippen molar-refractivity contribution in [1.82, 2.24) is 9.66 Å². The molecule has 35 heavy (non-hydrogen) atoms. The van der Waals surface area contributed by atoms with Crippen molar-refractivity contribution in [2.24, 2.45) is 5.10 Å². The number of benzene rings is 2. The van der Waals surface area contributed by atoms with Crippen molar-refractivity contribution in [1.29, 1.82) is 0 Å². The van der Waals surface area contributed by atoms with E-state index in [1.807, 2.05) is 33.8 Å². The highest BCUT2D eigenvalue weighted by atomic mass is 79.9. The number of aromatic nitrogens is 2. The molecule has 1 aromatic heterocycles. The van der Waals surface area contributed by atoms with E-state index in [4.69, 9.17) is 30.8 Å². The standard InChI is InChI=1S/C25H27BrClN3O5/c1-6-33-20-11-15(10-18(27)22(20)35-14-21(31)34-7-2)13-28-30-23(32)17-12-16(26)8-9-19(17)29-24(30)25(3,4)5/h8-13H,6-7,14H2,1-5H3. The van der Waals surface area contributed by atoms with Gasteiger partial charge in [-0.05, 0) is 49.7 Å². The molecule has 3 rings (SSSR count). The van der Waals surface area contributed by atoms with Crippen molar-refractivity contribution in [2.45, 2.75) is 40.0 Å². The summed E-state index contributed by atoms with van der Waals surface area (Å²) in [5, 5.41) is 5.14. The molecule has 186 valence electrons. The first kappa shape index (κ1) is 26.7. The molecule has 0 fully saturated rings. The molecule has 0 aliphatic carbocycles. The second kappa shape index (κ2) is 11.2. The zero-order valence-corrected chi connectivity index (χ0v) is 22.6. The predicted molar refractivity (Wildman–Crippen MR) is 140 cm³/mol. The van der Waals surface area contributed by atoms with E-state index < -0.39 is 11.4 Å². The van der Waals surface area contributed by atoms with E-state index in [2.05, 4.69) is 21.0 Å². The summed E-state index contributed by atoms with van der Waals surface area (Å²) in [5.74, 6) is 0.568. The Hall–Kier alpha value is -2.91. The van der Waals surface area contributed by atoms with Gasteiger partial charge in [0.15, 0.2) is 18.1 Å². The summed E-state index contributed by atoms with van der Waals surface area (Å²) in [6.07, 6.45) is 1.51. The average molecular weight is 565 g/mol. The molecule has 0 saturated heterocycles. The summed E-state index contributed by atoms with van der Waals surface area (Å²) in [4.78, 5) is 29.7.